The van der Waals surface area contributed by atoms with E-state index >= 15 is 0 Å². The maximum absolute atomic E-state index is 5.76. The van der Waals surface area contributed by atoms with Crippen LogP contribution in [0.5, 0.6) is 0 Å². The van der Waals surface area contributed by atoms with Crippen LogP contribution in [0.25, 0.3) is 33.2 Å². The van der Waals surface area contributed by atoms with Gasteiger partial charge in [-0.3, -0.25) is 0 Å². The molecule has 0 aliphatic rings. The van der Waals surface area contributed by atoms with Gasteiger partial charge in [-0.15, -0.1) is 0 Å². The fourth-order valence-electron chi connectivity index (χ4n) is 2.98. The van der Waals surface area contributed by atoms with E-state index in [1.54, 1.807) is 0 Å². The summed E-state index contributed by atoms with van der Waals surface area (Å²) in [5.74, 6) is 0. The van der Waals surface area contributed by atoms with Gasteiger partial charge < -0.3 is 0 Å². The fourth-order valence-corrected chi connectivity index (χ4v) is 3.34. The zero-order chi connectivity index (χ0) is 15.3. The third kappa shape index (κ3) is 1.96. The van der Waals surface area contributed by atoms with E-state index in [0.29, 0.717) is 4.46 Å². The van der Waals surface area contributed by atoms with Crippen LogP contribution in [0.3, 0.4) is 0 Å². The Morgan fingerprint density at radius 1 is 1.00 bits per heavy atom. The molecule has 0 amide bonds. The predicted molar refractivity (Wildman–Crippen MR) is 86.3 cm³/mol. The molecule has 0 bridgehead atoms. The summed E-state index contributed by atoms with van der Waals surface area (Å²) in [6.45, 7) is 2.15. The number of aromatic nitrogens is 1. The summed E-state index contributed by atoms with van der Waals surface area (Å²) in [4.78, 5) is 0. The van der Waals surface area contributed by atoms with Crippen LogP contribution in [0.1, 0.15) is 5.56 Å². The van der Waals surface area contributed by atoms with E-state index in [9.17, 15) is 0 Å². The number of hydrogen-bond acceptors (Lipinski definition) is 2. The molecular weight excluding hydrogens is 341 g/mol. The van der Waals surface area contributed by atoms with E-state index in [4.69, 9.17) is 8.83 Å². The van der Waals surface area contributed by atoms with Crippen LogP contribution >= 0.6 is 0 Å². The first-order chi connectivity index (χ1) is 10.6. The molecule has 108 valence electrons. The molecule has 3 nitrogen and oxygen atoms in total. The molecule has 0 radical (unpaired) electrons. The fraction of sp³-hybridized carbons (Fsp3) is 0.111. The Bertz CT molecular complexity index is 1080. The van der Waals surface area contributed by atoms with E-state index < -0.39 is 0 Å². The van der Waals surface area contributed by atoms with Crippen LogP contribution in [0.2, 0.25) is 0 Å². The molecule has 0 saturated heterocycles. The Balaban J connectivity index is 2.13. The van der Waals surface area contributed by atoms with Gasteiger partial charge in [0.25, 0.3) is 0 Å². The maximum atomic E-state index is 5.76. The Morgan fingerprint density at radius 3 is 2.68 bits per heavy atom. The zero-order valence-electron chi connectivity index (χ0n) is 12.3. The normalized spacial score (nSPS) is 11.4. The van der Waals surface area contributed by atoms with Crippen molar-refractivity contribution in [2.75, 3.05) is 0 Å². The molecule has 0 atom stereocenters. The summed E-state index contributed by atoms with van der Waals surface area (Å²) in [5.41, 5.74) is 4.91. The molecule has 4 heteroatoms. The summed E-state index contributed by atoms with van der Waals surface area (Å²) in [5, 5.41) is 2.50. The van der Waals surface area contributed by atoms with Gasteiger partial charge in [-0.25, -0.2) is 0 Å². The van der Waals surface area contributed by atoms with Gasteiger partial charge in [-0.1, -0.05) is 0 Å². The average molecular weight is 355 g/mol. The molecule has 0 aliphatic carbocycles. The third-order valence-electron chi connectivity index (χ3n) is 4.07. The van der Waals surface area contributed by atoms with Crippen molar-refractivity contribution < 1.29 is 13.4 Å². The van der Waals surface area contributed by atoms with Gasteiger partial charge in [0.2, 0.25) is 0 Å². The van der Waals surface area contributed by atoms with Gasteiger partial charge in [-0.2, -0.15) is 0 Å². The van der Waals surface area contributed by atoms with Crippen molar-refractivity contribution in [2.24, 2.45) is 7.05 Å². The summed E-state index contributed by atoms with van der Waals surface area (Å²) in [6, 6.07) is 14.6. The van der Waals surface area contributed by atoms with E-state index in [-0.39, 0.29) is 0 Å². The molecule has 0 aliphatic heterocycles. The van der Waals surface area contributed by atoms with Crippen molar-refractivity contribution in [1.82, 2.24) is 0 Å². The Kier molecular flexibility index (Phi) is 3.03. The monoisotopic (exact) mass is 356 g/mol. The van der Waals surface area contributed by atoms with Crippen LogP contribution in [-0.4, -0.2) is 15.6 Å². The van der Waals surface area contributed by atoms with Gasteiger partial charge in [0.15, 0.2) is 0 Å². The van der Waals surface area contributed by atoms with Crippen molar-refractivity contribution in [1.29, 1.82) is 0 Å². The first kappa shape index (κ1) is 13.5. The third-order valence-corrected chi connectivity index (χ3v) is 4.42. The number of benzene rings is 2. The van der Waals surface area contributed by atoms with Gasteiger partial charge in [0, 0.05) is 0 Å². The summed E-state index contributed by atoms with van der Waals surface area (Å²) in [6.07, 6.45) is 1.99. The van der Waals surface area contributed by atoms with Crippen molar-refractivity contribution in [3.8, 4) is 11.3 Å². The van der Waals surface area contributed by atoms with Gasteiger partial charge in [0.05, 0.1) is 0 Å². The van der Waals surface area contributed by atoms with Crippen molar-refractivity contribution in [3.63, 3.8) is 0 Å². The Labute approximate surface area is 135 Å². The second-order valence-corrected chi connectivity index (χ2v) is 6.08. The number of pyridine rings is 1. The molecule has 2 aromatic carbocycles. The van der Waals surface area contributed by atoms with Gasteiger partial charge in [-0.05, 0) is 0 Å². The van der Waals surface area contributed by atoms with Crippen molar-refractivity contribution in [3.05, 3.63) is 58.7 Å². The second-order valence-electron chi connectivity index (χ2n) is 5.38. The molecular formula is C18H14NO2Se+. The molecule has 0 fully saturated rings. The summed E-state index contributed by atoms with van der Waals surface area (Å²) in [7, 11) is 2.02. The molecule has 4 aromatic rings. The first-order valence-corrected chi connectivity index (χ1v) is 7.92. The SMILES string of the molecule is Cc1c(-c2c3oc(=[Se])oc3cc[n+]2C)ccc2ccccc12. The van der Waals surface area contributed by atoms with E-state index in [0.717, 1.165) is 22.4 Å². The van der Waals surface area contributed by atoms with Crippen LogP contribution in [-0.2, 0) is 7.05 Å². The number of aryl methyl sites for hydroxylation is 2. The number of hydrogen-bond donors (Lipinski definition) is 0. The molecule has 22 heavy (non-hydrogen) atoms. The topological polar surface area (TPSA) is 30.2 Å². The first-order valence-electron chi connectivity index (χ1n) is 7.06. The van der Waals surface area contributed by atoms with E-state index in [1.165, 1.54) is 16.3 Å². The van der Waals surface area contributed by atoms with E-state index in [1.807, 2.05) is 19.3 Å². The molecule has 0 N–H and O–H groups in total. The average Bonchev–Trinajstić information content (AvgIpc) is 2.89. The molecule has 2 heterocycles. The number of fused-ring (bicyclic) bond motifs is 2. The standard InChI is InChI=1S/C18H14NO2Se/c1-11-13-6-4-3-5-12(13)7-8-14(11)16-17-15(9-10-19(16)2)20-18(22)21-17/h3-10H,1-2H3/q+1. The van der Waals surface area contributed by atoms with Crippen LogP contribution in [0.15, 0.2) is 57.5 Å². The predicted octanol–water partition coefficient (Wildman–Crippen LogP) is 3.68. The molecule has 4 rings (SSSR count). The molecule has 0 spiro atoms. The van der Waals surface area contributed by atoms with E-state index in [2.05, 4.69) is 63.5 Å². The quantitative estimate of drug-likeness (QED) is 0.385. The number of nitrogens with zero attached hydrogens (tertiary/aromatic N) is 1. The molecule has 0 unspecified atom stereocenters. The van der Waals surface area contributed by atoms with Gasteiger partial charge in [0.1, 0.15) is 0 Å². The Hall–Kier alpha value is -2.16. The second kappa shape index (κ2) is 4.94. The van der Waals surface area contributed by atoms with Crippen LogP contribution < -0.4 is 4.57 Å². The van der Waals surface area contributed by atoms with Crippen molar-refractivity contribution >= 4 is 37.5 Å². The molecule has 0 saturated carbocycles. The van der Waals surface area contributed by atoms with Crippen molar-refractivity contribution in [2.45, 2.75) is 6.92 Å². The Morgan fingerprint density at radius 2 is 1.82 bits per heavy atom. The van der Waals surface area contributed by atoms with Gasteiger partial charge >= 0.3 is 135 Å². The van der Waals surface area contributed by atoms with Crippen LogP contribution in [0, 0.1) is 11.4 Å². The minimum atomic E-state index is 0.445. The summed E-state index contributed by atoms with van der Waals surface area (Å²) >= 11 is 2.79. The molecule has 2 aromatic heterocycles. The zero-order valence-corrected chi connectivity index (χ0v) is 14.0. The van der Waals surface area contributed by atoms with Crippen LogP contribution in [0.4, 0.5) is 0 Å². The minimum absolute atomic E-state index is 0.445. The summed E-state index contributed by atoms with van der Waals surface area (Å²) < 4.78 is 13.8. The number of rotatable bonds is 1.